The first kappa shape index (κ1) is 7.09. The number of nitrogens with zero attached hydrogens (tertiary/aromatic N) is 1. The van der Waals surface area contributed by atoms with Crippen molar-refractivity contribution in [1.82, 2.24) is 0 Å². The van der Waals surface area contributed by atoms with Crippen LogP contribution in [-0.4, -0.2) is 6.21 Å². The highest BCUT2D eigenvalue weighted by Crippen LogP contribution is 2.08. The van der Waals surface area contributed by atoms with Gasteiger partial charge in [0.05, 0.1) is 6.21 Å². The molecule has 1 aromatic carbocycles. The Kier molecular flexibility index (Phi) is 2.29. The Morgan fingerprint density at radius 3 is 2.90 bits per heavy atom. The zero-order valence-corrected chi connectivity index (χ0v) is 6.05. The molecule has 10 heavy (non-hydrogen) atoms. The van der Waals surface area contributed by atoms with Crippen molar-refractivity contribution in [2.45, 2.75) is 0 Å². The second kappa shape index (κ2) is 3.22. The summed E-state index contributed by atoms with van der Waals surface area (Å²) in [6, 6.07) is 7.31. The smallest absolute Gasteiger partial charge is 0.0538 e. The van der Waals surface area contributed by atoms with Crippen LogP contribution in [0.4, 0.5) is 0 Å². The summed E-state index contributed by atoms with van der Waals surface area (Å²) in [6.07, 6.45) is 1.55. The Balaban J connectivity index is 2.95. The lowest BCUT2D eigenvalue weighted by molar-refractivity contribution is 1.26. The van der Waals surface area contributed by atoms with E-state index < -0.39 is 0 Å². The van der Waals surface area contributed by atoms with Crippen molar-refractivity contribution in [2.75, 3.05) is 0 Å². The van der Waals surface area contributed by atoms with E-state index in [4.69, 9.17) is 17.4 Å². The lowest BCUT2D eigenvalue weighted by Gasteiger charge is -1.90. The summed E-state index contributed by atoms with van der Waals surface area (Å²) in [4.78, 5) is 0. The zero-order valence-electron chi connectivity index (χ0n) is 5.29. The average Bonchev–Trinajstić information content (AvgIpc) is 1.88. The van der Waals surface area contributed by atoms with Crippen LogP contribution < -0.4 is 5.84 Å². The minimum Gasteiger partial charge on any atom is -0.323 e. The van der Waals surface area contributed by atoms with Crippen molar-refractivity contribution in [3.63, 3.8) is 0 Å². The number of hydrogen-bond donors (Lipinski definition) is 1. The molecular formula is C7H7ClN2. The van der Waals surface area contributed by atoms with Gasteiger partial charge in [-0.2, -0.15) is 5.10 Å². The number of hydrogen-bond acceptors (Lipinski definition) is 2. The SMILES string of the molecule is NN=Cc1cccc(Cl)c1. The van der Waals surface area contributed by atoms with E-state index in [0.717, 1.165) is 5.56 Å². The fraction of sp³-hybridized carbons (Fsp3) is 0. The quantitative estimate of drug-likeness (QED) is 0.373. The molecular weight excluding hydrogens is 148 g/mol. The molecule has 0 aliphatic heterocycles. The Labute approximate surface area is 64.3 Å². The van der Waals surface area contributed by atoms with Crippen LogP contribution in [0.3, 0.4) is 0 Å². The molecule has 0 saturated carbocycles. The van der Waals surface area contributed by atoms with Gasteiger partial charge in [-0.3, -0.25) is 0 Å². The van der Waals surface area contributed by atoms with Gasteiger partial charge in [0.25, 0.3) is 0 Å². The topological polar surface area (TPSA) is 38.4 Å². The average molecular weight is 155 g/mol. The molecule has 0 heterocycles. The molecule has 0 bridgehead atoms. The molecule has 3 heteroatoms. The lowest BCUT2D eigenvalue weighted by atomic mass is 10.2. The molecule has 0 atom stereocenters. The summed E-state index contributed by atoms with van der Waals surface area (Å²) in [5.41, 5.74) is 0.912. The van der Waals surface area contributed by atoms with E-state index in [1.807, 2.05) is 12.1 Å². The summed E-state index contributed by atoms with van der Waals surface area (Å²) >= 11 is 5.68. The van der Waals surface area contributed by atoms with Gasteiger partial charge >= 0.3 is 0 Å². The summed E-state index contributed by atoms with van der Waals surface area (Å²) in [5.74, 6) is 4.94. The van der Waals surface area contributed by atoms with E-state index in [1.165, 1.54) is 0 Å². The van der Waals surface area contributed by atoms with Gasteiger partial charge in [-0.15, -0.1) is 0 Å². The van der Waals surface area contributed by atoms with Crippen LogP contribution >= 0.6 is 11.6 Å². The molecule has 0 aromatic heterocycles. The predicted molar refractivity (Wildman–Crippen MR) is 43.2 cm³/mol. The Morgan fingerprint density at radius 1 is 1.50 bits per heavy atom. The van der Waals surface area contributed by atoms with Crippen molar-refractivity contribution in [2.24, 2.45) is 10.9 Å². The largest absolute Gasteiger partial charge is 0.323 e. The van der Waals surface area contributed by atoms with Crippen molar-refractivity contribution in [1.29, 1.82) is 0 Å². The van der Waals surface area contributed by atoms with Gasteiger partial charge in [-0.25, -0.2) is 0 Å². The number of hydrazone groups is 1. The highest BCUT2D eigenvalue weighted by molar-refractivity contribution is 6.30. The second-order valence-electron chi connectivity index (χ2n) is 1.83. The van der Waals surface area contributed by atoms with E-state index in [9.17, 15) is 0 Å². The number of benzene rings is 1. The standard InChI is InChI=1S/C7H7ClN2/c8-7-3-1-2-6(4-7)5-10-9/h1-5H,9H2. The molecule has 2 nitrogen and oxygen atoms in total. The van der Waals surface area contributed by atoms with Crippen molar-refractivity contribution in [3.8, 4) is 0 Å². The van der Waals surface area contributed by atoms with Crippen LogP contribution in [0.15, 0.2) is 29.4 Å². The Hall–Kier alpha value is -1.02. The molecule has 2 N–H and O–H groups in total. The van der Waals surface area contributed by atoms with Crippen LogP contribution in [0.25, 0.3) is 0 Å². The third-order valence-electron chi connectivity index (χ3n) is 1.07. The molecule has 1 aromatic rings. The molecule has 1 rings (SSSR count). The summed E-state index contributed by atoms with van der Waals surface area (Å²) in [7, 11) is 0. The van der Waals surface area contributed by atoms with E-state index in [-0.39, 0.29) is 0 Å². The molecule has 0 spiro atoms. The summed E-state index contributed by atoms with van der Waals surface area (Å²) in [6.45, 7) is 0. The summed E-state index contributed by atoms with van der Waals surface area (Å²) in [5, 5.41) is 4.06. The first-order valence-electron chi connectivity index (χ1n) is 2.82. The van der Waals surface area contributed by atoms with Gasteiger partial charge in [-0.05, 0) is 17.7 Å². The number of halogens is 1. The third kappa shape index (κ3) is 1.74. The Bertz CT molecular complexity index is 245. The van der Waals surface area contributed by atoms with Crippen LogP contribution in [0.1, 0.15) is 5.56 Å². The molecule has 0 radical (unpaired) electrons. The molecule has 0 unspecified atom stereocenters. The molecule has 0 fully saturated rings. The molecule has 0 saturated heterocycles. The van der Waals surface area contributed by atoms with Gasteiger partial charge in [0, 0.05) is 5.02 Å². The highest BCUT2D eigenvalue weighted by Gasteiger charge is 1.87. The minimum atomic E-state index is 0.692. The molecule has 0 aliphatic rings. The first-order chi connectivity index (χ1) is 4.83. The van der Waals surface area contributed by atoms with Crippen LogP contribution in [0.5, 0.6) is 0 Å². The van der Waals surface area contributed by atoms with Gasteiger partial charge in [0.2, 0.25) is 0 Å². The third-order valence-corrected chi connectivity index (χ3v) is 1.31. The number of rotatable bonds is 1. The second-order valence-corrected chi connectivity index (χ2v) is 2.27. The zero-order chi connectivity index (χ0) is 7.40. The van der Waals surface area contributed by atoms with Crippen LogP contribution in [0, 0.1) is 0 Å². The van der Waals surface area contributed by atoms with E-state index in [0.29, 0.717) is 5.02 Å². The van der Waals surface area contributed by atoms with Crippen LogP contribution in [-0.2, 0) is 0 Å². The van der Waals surface area contributed by atoms with Gasteiger partial charge in [-0.1, -0.05) is 23.7 Å². The fourth-order valence-corrected chi connectivity index (χ4v) is 0.872. The van der Waals surface area contributed by atoms with Gasteiger partial charge < -0.3 is 5.84 Å². The van der Waals surface area contributed by atoms with Crippen molar-refractivity contribution < 1.29 is 0 Å². The Morgan fingerprint density at radius 2 is 2.30 bits per heavy atom. The van der Waals surface area contributed by atoms with Crippen molar-refractivity contribution >= 4 is 17.8 Å². The maximum absolute atomic E-state index is 5.68. The van der Waals surface area contributed by atoms with Crippen molar-refractivity contribution in [3.05, 3.63) is 34.9 Å². The maximum atomic E-state index is 5.68. The minimum absolute atomic E-state index is 0.692. The molecule has 0 aliphatic carbocycles. The van der Waals surface area contributed by atoms with E-state index >= 15 is 0 Å². The summed E-state index contributed by atoms with van der Waals surface area (Å²) < 4.78 is 0. The predicted octanol–water partition coefficient (Wildman–Crippen LogP) is 1.63. The lowest BCUT2D eigenvalue weighted by Crippen LogP contribution is -1.84. The molecule has 0 amide bonds. The number of nitrogens with two attached hydrogens (primary N) is 1. The highest BCUT2D eigenvalue weighted by atomic mass is 35.5. The maximum Gasteiger partial charge on any atom is 0.0538 e. The monoisotopic (exact) mass is 154 g/mol. The fourth-order valence-electron chi connectivity index (χ4n) is 0.673. The normalized spacial score (nSPS) is 10.5. The first-order valence-corrected chi connectivity index (χ1v) is 3.19. The van der Waals surface area contributed by atoms with Gasteiger partial charge in [0.15, 0.2) is 0 Å². The van der Waals surface area contributed by atoms with Gasteiger partial charge in [0.1, 0.15) is 0 Å². The molecule has 52 valence electrons. The van der Waals surface area contributed by atoms with E-state index in [1.54, 1.807) is 18.3 Å². The van der Waals surface area contributed by atoms with E-state index in [2.05, 4.69) is 5.10 Å². The van der Waals surface area contributed by atoms with Crippen LogP contribution in [0.2, 0.25) is 5.02 Å².